The van der Waals surface area contributed by atoms with Crippen LogP contribution in [-0.2, 0) is 18.3 Å². The number of hydrogen-bond acceptors (Lipinski definition) is 1. The van der Waals surface area contributed by atoms with Crippen LogP contribution in [0, 0.1) is 0 Å². The van der Waals surface area contributed by atoms with E-state index in [1.807, 2.05) is 0 Å². The smallest absolute Gasteiger partial charge is 0.0465 e. The first kappa shape index (κ1) is 32.5. The Labute approximate surface area is 319 Å². The maximum Gasteiger partial charge on any atom is 0.0465 e. The molecule has 2 aliphatic rings. The molecular weight excluding hydrogens is 651 g/mol. The number of anilines is 3. The van der Waals surface area contributed by atoms with Gasteiger partial charge in [-0.15, -0.1) is 0 Å². The topological polar surface area (TPSA) is 3.24 Å². The molecule has 0 radical (unpaired) electrons. The van der Waals surface area contributed by atoms with Gasteiger partial charge in [0.1, 0.15) is 0 Å². The molecule has 0 aliphatic heterocycles. The highest BCUT2D eigenvalue weighted by atomic mass is 15.1. The number of aryl methyl sites for hydroxylation is 1. The van der Waals surface area contributed by atoms with Crippen molar-refractivity contribution < 1.29 is 0 Å². The van der Waals surface area contributed by atoms with Gasteiger partial charge >= 0.3 is 0 Å². The van der Waals surface area contributed by atoms with Crippen LogP contribution < -0.4 is 4.90 Å². The van der Waals surface area contributed by atoms with Crippen molar-refractivity contribution >= 4 is 27.8 Å². The molecule has 8 aromatic rings. The molecule has 0 spiro atoms. The van der Waals surface area contributed by atoms with Crippen LogP contribution in [0.3, 0.4) is 0 Å². The maximum absolute atomic E-state index is 2.43. The Hall–Kier alpha value is -6.18. The summed E-state index contributed by atoms with van der Waals surface area (Å²) < 4.78 is 0. The van der Waals surface area contributed by atoms with Gasteiger partial charge in [-0.05, 0) is 152 Å². The Balaban J connectivity index is 1.02. The normalized spacial score (nSPS) is 14.0. The Morgan fingerprint density at radius 3 is 1.61 bits per heavy atom. The Kier molecular flexibility index (Phi) is 7.84. The Morgan fingerprint density at radius 2 is 0.926 bits per heavy atom. The molecule has 0 fully saturated rings. The fourth-order valence-corrected chi connectivity index (χ4v) is 9.13. The third-order valence-electron chi connectivity index (χ3n) is 12.1. The number of fused-ring (bicyclic) bond motifs is 5. The molecule has 0 atom stereocenters. The fourth-order valence-electron chi connectivity index (χ4n) is 9.13. The molecule has 10 rings (SSSR count). The second-order valence-corrected chi connectivity index (χ2v) is 15.6. The summed E-state index contributed by atoms with van der Waals surface area (Å²) >= 11 is 0. The Bertz CT molecular complexity index is 2650. The van der Waals surface area contributed by atoms with Crippen LogP contribution >= 0.6 is 0 Å². The van der Waals surface area contributed by atoms with Crippen molar-refractivity contribution in [3.05, 3.63) is 198 Å². The van der Waals surface area contributed by atoms with Crippen molar-refractivity contribution in [1.29, 1.82) is 0 Å². The first-order valence-electron chi connectivity index (χ1n) is 19.5. The van der Waals surface area contributed by atoms with Gasteiger partial charge < -0.3 is 4.90 Å². The molecule has 0 N–H and O–H groups in total. The van der Waals surface area contributed by atoms with Gasteiger partial charge in [0.25, 0.3) is 0 Å². The highest BCUT2D eigenvalue weighted by Gasteiger charge is 2.36. The molecular formula is C53H43N. The van der Waals surface area contributed by atoms with E-state index in [1.54, 1.807) is 5.56 Å². The standard InChI is InChI=1S/C53H43N/c1-53(2)51-34-43-15-7-6-14-42(43)33-50(51)49-32-31-46(35-52(49)53)54(44-27-23-38(24-28-44)36-11-4-3-5-12-36)45-29-25-39(26-30-45)37-19-21-41(22-20-37)48-18-10-16-40-13-8-9-17-47(40)48/h3-7,10-12,14-16,18-35H,8-9,13,17H2,1-2H3. The van der Waals surface area contributed by atoms with Crippen LogP contribution in [0.5, 0.6) is 0 Å². The molecule has 0 bridgehead atoms. The zero-order valence-electron chi connectivity index (χ0n) is 31.0. The van der Waals surface area contributed by atoms with Crippen LogP contribution in [0.15, 0.2) is 176 Å². The largest absolute Gasteiger partial charge is 0.310 e. The van der Waals surface area contributed by atoms with Gasteiger partial charge in [0.05, 0.1) is 0 Å². The minimum absolute atomic E-state index is 0.122. The highest BCUT2D eigenvalue weighted by Crippen LogP contribution is 2.52. The molecule has 1 heteroatoms. The van der Waals surface area contributed by atoms with Gasteiger partial charge in [-0.25, -0.2) is 0 Å². The quantitative estimate of drug-likeness (QED) is 0.168. The van der Waals surface area contributed by atoms with Gasteiger partial charge in [-0.1, -0.05) is 141 Å². The summed E-state index contributed by atoms with van der Waals surface area (Å²) in [7, 11) is 0. The minimum Gasteiger partial charge on any atom is -0.310 e. The number of rotatable bonds is 6. The molecule has 0 heterocycles. The summed E-state index contributed by atoms with van der Waals surface area (Å²) in [5.41, 5.74) is 19.4. The summed E-state index contributed by atoms with van der Waals surface area (Å²) in [6, 6.07) is 65.4. The summed E-state index contributed by atoms with van der Waals surface area (Å²) in [5, 5.41) is 2.59. The van der Waals surface area contributed by atoms with Crippen LogP contribution in [0.1, 0.15) is 48.9 Å². The lowest BCUT2D eigenvalue weighted by Crippen LogP contribution is -2.16. The van der Waals surface area contributed by atoms with Crippen LogP contribution in [0.4, 0.5) is 17.1 Å². The van der Waals surface area contributed by atoms with Crippen LogP contribution in [0.2, 0.25) is 0 Å². The molecule has 0 unspecified atom stereocenters. The lowest BCUT2D eigenvalue weighted by Gasteiger charge is -2.28. The van der Waals surface area contributed by atoms with Crippen molar-refractivity contribution in [1.82, 2.24) is 0 Å². The minimum atomic E-state index is -0.122. The molecule has 0 aromatic heterocycles. The fraction of sp³-hybridized carbons (Fsp3) is 0.132. The lowest BCUT2D eigenvalue weighted by atomic mass is 9.81. The van der Waals surface area contributed by atoms with Gasteiger partial charge in [0, 0.05) is 22.5 Å². The van der Waals surface area contributed by atoms with E-state index in [1.165, 1.54) is 97.7 Å². The molecule has 0 saturated heterocycles. The molecule has 1 nitrogen and oxygen atoms in total. The number of hydrogen-bond donors (Lipinski definition) is 0. The van der Waals surface area contributed by atoms with E-state index < -0.39 is 0 Å². The predicted octanol–water partition coefficient (Wildman–Crippen LogP) is 14.5. The van der Waals surface area contributed by atoms with Gasteiger partial charge in [-0.3, -0.25) is 0 Å². The second kappa shape index (κ2) is 13.0. The van der Waals surface area contributed by atoms with Crippen molar-refractivity contribution in [3.8, 4) is 44.5 Å². The van der Waals surface area contributed by atoms with E-state index in [0.29, 0.717) is 0 Å². The molecule has 0 saturated carbocycles. The summed E-state index contributed by atoms with van der Waals surface area (Å²) in [5.74, 6) is 0. The van der Waals surface area contributed by atoms with E-state index in [4.69, 9.17) is 0 Å². The zero-order chi connectivity index (χ0) is 36.2. The van der Waals surface area contributed by atoms with E-state index in [9.17, 15) is 0 Å². The van der Waals surface area contributed by atoms with Crippen molar-refractivity contribution in [2.45, 2.75) is 44.9 Å². The van der Waals surface area contributed by atoms with Crippen molar-refractivity contribution in [3.63, 3.8) is 0 Å². The maximum atomic E-state index is 2.43. The highest BCUT2D eigenvalue weighted by molar-refractivity contribution is 5.94. The van der Waals surface area contributed by atoms with Crippen molar-refractivity contribution in [2.75, 3.05) is 4.90 Å². The van der Waals surface area contributed by atoms with Crippen LogP contribution in [0.25, 0.3) is 55.3 Å². The van der Waals surface area contributed by atoms with Crippen LogP contribution in [-0.4, -0.2) is 0 Å². The average Bonchev–Trinajstić information content (AvgIpc) is 3.45. The number of benzene rings is 8. The van der Waals surface area contributed by atoms with E-state index >= 15 is 0 Å². The summed E-state index contributed by atoms with van der Waals surface area (Å²) in [6.07, 6.45) is 4.98. The van der Waals surface area contributed by atoms with Gasteiger partial charge in [0.2, 0.25) is 0 Å². The third-order valence-corrected chi connectivity index (χ3v) is 12.1. The number of nitrogens with zero attached hydrogens (tertiary/aromatic N) is 1. The monoisotopic (exact) mass is 693 g/mol. The van der Waals surface area contributed by atoms with Gasteiger partial charge in [0.15, 0.2) is 0 Å². The second-order valence-electron chi connectivity index (χ2n) is 15.6. The lowest BCUT2D eigenvalue weighted by molar-refractivity contribution is 0.661. The molecule has 8 aromatic carbocycles. The Morgan fingerprint density at radius 1 is 0.389 bits per heavy atom. The zero-order valence-corrected chi connectivity index (χ0v) is 31.0. The SMILES string of the molecule is CC1(C)c2cc(N(c3ccc(-c4ccccc4)cc3)c3ccc(-c4ccc(-c5cccc6c5CCCC6)cc4)cc3)ccc2-c2cc3ccccc3cc21. The van der Waals surface area contributed by atoms with E-state index in [0.717, 1.165) is 17.1 Å². The third kappa shape index (κ3) is 5.55. The first-order chi connectivity index (χ1) is 26.5. The van der Waals surface area contributed by atoms with Gasteiger partial charge in [-0.2, -0.15) is 0 Å². The molecule has 54 heavy (non-hydrogen) atoms. The van der Waals surface area contributed by atoms with Crippen molar-refractivity contribution in [2.24, 2.45) is 0 Å². The molecule has 260 valence electrons. The first-order valence-corrected chi connectivity index (χ1v) is 19.5. The average molecular weight is 694 g/mol. The molecule has 0 amide bonds. The van der Waals surface area contributed by atoms with E-state index in [-0.39, 0.29) is 5.41 Å². The summed E-state index contributed by atoms with van der Waals surface area (Å²) in [6.45, 7) is 4.75. The van der Waals surface area contributed by atoms with E-state index in [2.05, 4.69) is 195 Å². The molecule has 2 aliphatic carbocycles. The summed E-state index contributed by atoms with van der Waals surface area (Å²) in [4.78, 5) is 2.41. The predicted molar refractivity (Wildman–Crippen MR) is 229 cm³/mol.